The molecule has 2 heterocycles. The third-order valence-corrected chi connectivity index (χ3v) is 3.93. The van der Waals surface area contributed by atoms with Crippen LogP contribution in [0.2, 0.25) is 0 Å². The molecule has 4 aromatic rings. The average Bonchev–Trinajstić information content (AvgIpc) is 2.67. The fraction of sp³-hybridized carbons (Fsp3) is 0.111. The molecule has 0 fully saturated rings. The molecule has 4 rings (SSSR count). The number of aromatic nitrogens is 5. The molecular weight excluding hydrogens is 332 g/mol. The summed E-state index contributed by atoms with van der Waals surface area (Å²) in [7, 11) is 0. The second-order valence-electron chi connectivity index (χ2n) is 5.69. The third-order valence-electron chi connectivity index (χ3n) is 3.93. The molecule has 0 spiro atoms. The molecule has 8 nitrogen and oxygen atoms in total. The van der Waals surface area contributed by atoms with E-state index in [0.29, 0.717) is 22.1 Å². The highest BCUT2D eigenvalue weighted by Gasteiger charge is 2.08. The van der Waals surface area contributed by atoms with Gasteiger partial charge in [0.2, 0.25) is 5.91 Å². The second kappa shape index (κ2) is 6.67. The number of hydrogen-bond donors (Lipinski definition) is 1. The van der Waals surface area contributed by atoms with Crippen molar-refractivity contribution in [2.75, 3.05) is 5.32 Å². The van der Waals surface area contributed by atoms with E-state index < -0.39 is 0 Å². The highest BCUT2D eigenvalue weighted by atomic mass is 16.2. The lowest BCUT2D eigenvalue weighted by Crippen LogP contribution is -2.26. The first-order valence-corrected chi connectivity index (χ1v) is 8.04. The predicted molar refractivity (Wildman–Crippen MR) is 96.6 cm³/mol. The molecule has 2 aromatic carbocycles. The summed E-state index contributed by atoms with van der Waals surface area (Å²) in [6.45, 7) is 0.149. The zero-order chi connectivity index (χ0) is 17.9. The number of aryl methyl sites for hydroxylation is 1. The largest absolute Gasteiger partial charge is 0.326 e. The van der Waals surface area contributed by atoms with Gasteiger partial charge in [0.05, 0.1) is 23.0 Å². The van der Waals surface area contributed by atoms with Crippen molar-refractivity contribution in [3.8, 4) is 0 Å². The van der Waals surface area contributed by atoms with Crippen LogP contribution in [-0.4, -0.2) is 30.9 Å². The Kier molecular flexibility index (Phi) is 4.06. The molecule has 0 atom stereocenters. The molecule has 0 bridgehead atoms. The monoisotopic (exact) mass is 346 g/mol. The van der Waals surface area contributed by atoms with Crippen molar-refractivity contribution in [3.63, 3.8) is 0 Å². The summed E-state index contributed by atoms with van der Waals surface area (Å²) >= 11 is 0. The number of hydrogen-bond acceptors (Lipinski definition) is 6. The lowest BCUT2D eigenvalue weighted by atomic mass is 10.2. The molecule has 128 valence electrons. The van der Waals surface area contributed by atoms with E-state index in [0.717, 1.165) is 5.52 Å². The lowest BCUT2D eigenvalue weighted by molar-refractivity contribution is -0.116. The summed E-state index contributed by atoms with van der Waals surface area (Å²) < 4.78 is 1.20. The number of nitrogens with one attached hydrogen (secondary N) is 1. The van der Waals surface area contributed by atoms with E-state index in [1.54, 1.807) is 54.9 Å². The summed E-state index contributed by atoms with van der Waals surface area (Å²) in [5.74, 6) is -0.227. The summed E-state index contributed by atoms with van der Waals surface area (Å²) in [5, 5.41) is 11.2. The number of benzene rings is 2. The van der Waals surface area contributed by atoms with E-state index >= 15 is 0 Å². The van der Waals surface area contributed by atoms with E-state index in [9.17, 15) is 9.59 Å². The van der Waals surface area contributed by atoms with Crippen LogP contribution in [0.3, 0.4) is 0 Å². The van der Waals surface area contributed by atoms with E-state index in [2.05, 4.69) is 25.6 Å². The smallest absolute Gasteiger partial charge is 0.277 e. The fourth-order valence-electron chi connectivity index (χ4n) is 2.64. The first-order valence-electron chi connectivity index (χ1n) is 8.04. The number of fused-ring (bicyclic) bond motifs is 2. The van der Waals surface area contributed by atoms with Gasteiger partial charge in [-0.05, 0) is 30.3 Å². The quantitative estimate of drug-likeness (QED) is 0.604. The molecule has 0 unspecified atom stereocenters. The van der Waals surface area contributed by atoms with Gasteiger partial charge in [-0.25, -0.2) is 4.68 Å². The first-order chi connectivity index (χ1) is 12.7. The second-order valence-corrected chi connectivity index (χ2v) is 5.69. The Hall–Kier alpha value is -3.68. The molecule has 8 heteroatoms. The predicted octanol–water partition coefficient (Wildman–Crippen LogP) is 1.76. The number of nitrogens with zero attached hydrogens (tertiary/aromatic N) is 5. The van der Waals surface area contributed by atoms with Gasteiger partial charge in [0.15, 0.2) is 0 Å². The molecule has 2 aromatic heterocycles. The SMILES string of the molecule is O=C(CCn1nnc2ccccc2c1=O)Nc1ccc2nccnc2c1. The Morgan fingerprint density at radius 3 is 2.69 bits per heavy atom. The van der Waals surface area contributed by atoms with Crippen molar-refractivity contribution < 1.29 is 4.79 Å². The Balaban J connectivity index is 1.46. The van der Waals surface area contributed by atoms with E-state index in [-0.39, 0.29) is 24.4 Å². The maximum absolute atomic E-state index is 12.4. The van der Waals surface area contributed by atoms with Gasteiger partial charge in [-0.1, -0.05) is 17.3 Å². The van der Waals surface area contributed by atoms with Crippen molar-refractivity contribution in [2.24, 2.45) is 0 Å². The molecule has 0 aliphatic carbocycles. The zero-order valence-corrected chi connectivity index (χ0v) is 13.7. The van der Waals surface area contributed by atoms with Gasteiger partial charge in [-0.2, -0.15) is 0 Å². The molecule has 0 radical (unpaired) electrons. The van der Waals surface area contributed by atoms with Crippen molar-refractivity contribution in [3.05, 3.63) is 65.2 Å². The van der Waals surface area contributed by atoms with Crippen LogP contribution in [0.4, 0.5) is 5.69 Å². The van der Waals surface area contributed by atoms with Gasteiger partial charge >= 0.3 is 0 Å². The molecule has 26 heavy (non-hydrogen) atoms. The Morgan fingerprint density at radius 2 is 1.81 bits per heavy atom. The van der Waals surface area contributed by atoms with Gasteiger partial charge < -0.3 is 5.32 Å². The molecule has 0 aliphatic heterocycles. The maximum Gasteiger partial charge on any atom is 0.277 e. The average molecular weight is 346 g/mol. The van der Waals surface area contributed by atoms with E-state index in [1.165, 1.54) is 4.68 Å². The summed E-state index contributed by atoms with van der Waals surface area (Å²) in [5.41, 5.74) is 2.35. The molecule has 1 N–H and O–H groups in total. The van der Waals surface area contributed by atoms with Gasteiger partial charge in [0.25, 0.3) is 5.56 Å². The van der Waals surface area contributed by atoms with Crippen LogP contribution < -0.4 is 10.9 Å². The lowest BCUT2D eigenvalue weighted by Gasteiger charge is -2.07. The highest BCUT2D eigenvalue weighted by Crippen LogP contribution is 2.15. The number of carbonyl (C=O) groups excluding carboxylic acids is 1. The minimum absolute atomic E-state index is 0.103. The van der Waals surface area contributed by atoms with Gasteiger partial charge in [0.1, 0.15) is 5.52 Å². The molecule has 0 saturated carbocycles. The maximum atomic E-state index is 12.4. The minimum atomic E-state index is -0.260. The normalized spacial score (nSPS) is 10.9. The van der Waals surface area contributed by atoms with Crippen molar-refractivity contribution in [2.45, 2.75) is 13.0 Å². The van der Waals surface area contributed by atoms with Crippen LogP contribution >= 0.6 is 0 Å². The van der Waals surface area contributed by atoms with Gasteiger partial charge in [-0.15, -0.1) is 5.10 Å². The number of rotatable bonds is 4. The molecule has 1 amide bonds. The van der Waals surface area contributed by atoms with Gasteiger partial charge in [0, 0.05) is 24.5 Å². The van der Waals surface area contributed by atoms with Crippen LogP contribution in [0.15, 0.2) is 59.7 Å². The summed E-state index contributed by atoms with van der Waals surface area (Å²) in [4.78, 5) is 32.9. The van der Waals surface area contributed by atoms with E-state index in [4.69, 9.17) is 0 Å². The Labute approximate surface area is 147 Å². The molecular formula is C18H14N6O2. The van der Waals surface area contributed by atoms with Crippen LogP contribution in [0, 0.1) is 0 Å². The number of anilines is 1. The molecule has 0 aliphatic rings. The van der Waals surface area contributed by atoms with Crippen molar-refractivity contribution in [1.82, 2.24) is 25.0 Å². The fourth-order valence-corrected chi connectivity index (χ4v) is 2.64. The molecule has 0 saturated heterocycles. The van der Waals surface area contributed by atoms with Crippen LogP contribution in [0.1, 0.15) is 6.42 Å². The number of carbonyl (C=O) groups is 1. The van der Waals surface area contributed by atoms with E-state index in [1.807, 2.05) is 0 Å². The summed E-state index contributed by atoms with van der Waals surface area (Å²) in [6.07, 6.45) is 3.31. The van der Waals surface area contributed by atoms with Crippen molar-refractivity contribution in [1.29, 1.82) is 0 Å². The van der Waals surface area contributed by atoms with Gasteiger partial charge in [-0.3, -0.25) is 19.6 Å². The van der Waals surface area contributed by atoms with Crippen LogP contribution in [-0.2, 0) is 11.3 Å². The van der Waals surface area contributed by atoms with Crippen molar-refractivity contribution >= 4 is 33.5 Å². The van der Waals surface area contributed by atoms with Crippen LogP contribution in [0.5, 0.6) is 0 Å². The summed E-state index contributed by atoms with van der Waals surface area (Å²) in [6, 6.07) is 12.3. The third kappa shape index (κ3) is 3.12. The van der Waals surface area contributed by atoms with Crippen LogP contribution in [0.25, 0.3) is 21.9 Å². The topological polar surface area (TPSA) is 103 Å². The number of amides is 1. The standard InChI is InChI=1S/C18H14N6O2/c25-17(21-12-5-6-15-16(11-12)20-9-8-19-15)7-10-24-18(26)13-3-1-2-4-14(13)22-23-24/h1-6,8-9,11H,7,10H2,(H,21,25). The first kappa shape index (κ1) is 15.8. The Morgan fingerprint density at radius 1 is 1.00 bits per heavy atom. The zero-order valence-electron chi connectivity index (χ0n) is 13.7. The Bertz CT molecular complexity index is 1170. The minimum Gasteiger partial charge on any atom is -0.326 e. The highest BCUT2D eigenvalue weighted by molar-refractivity contribution is 5.92.